The summed E-state index contributed by atoms with van der Waals surface area (Å²) in [5.74, 6) is -0.231. The minimum atomic E-state index is -0.544. The molecular weight excluding hydrogens is 248 g/mol. The second-order valence-corrected chi connectivity index (χ2v) is 4.99. The molecule has 1 aromatic rings. The molecule has 1 unspecified atom stereocenters. The maximum absolute atomic E-state index is 12.2. The van der Waals surface area contributed by atoms with E-state index >= 15 is 0 Å². The number of aryl methyl sites for hydroxylation is 1. The fourth-order valence-electron chi connectivity index (χ4n) is 2.43. The second-order valence-electron chi connectivity index (χ2n) is 4.99. The number of hydrogen-bond acceptors (Lipinski definition) is 4. The number of nitrogens with zero attached hydrogens (tertiary/aromatic N) is 4. The lowest BCUT2D eigenvalue weighted by Crippen LogP contribution is -2.43. The Balaban J connectivity index is 2.08. The molecule has 0 aromatic carbocycles. The number of rotatable bonds is 3. The zero-order valence-electron chi connectivity index (χ0n) is 11.2. The van der Waals surface area contributed by atoms with E-state index in [1.54, 1.807) is 6.92 Å². The van der Waals surface area contributed by atoms with Crippen molar-refractivity contribution in [3.63, 3.8) is 0 Å². The highest BCUT2D eigenvalue weighted by Gasteiger charge is 2.25. The molecule has 2 heterocycles. The maximum atomic E-state index is 12.2. The van der Waals surface area contributed by atoms with E-state index in [2.05, 4.69) is 5.10 Å². The number of likely N-dealkylation sites (tertiary alicyclic amines) is 1. The number of hydrogen-bond donors (Lipinski definition) is 0. The minimum Gasteiger partial charge on any atom is -0.358 e. The van der Waals surface area contributed by atoms with Crippen LogP contribution in [0.25, 0.3) is 0 Å². The highest BCUT2D eigenvalue weighted by molar-refractivity contribution is 5.76. The molecule has 1 saturated heterocycles. The van der Waals surface area contributed by atoms with Crippen molar-refractivity contribution in [3.05, 3.63) is 21.9 Å². The largest absolute Gasteiger partial charge is 0.390 e. The van der Waals surface area contributed by atoms with Gasteiger partial charge in [-0.1, -0.05) is 0 Å². The molecule has 0 saturated carbocycles. The Hall–Kier alpha value is -1.92. The molecular formula is C12H18N4O3. The van der Waals surface area contributed by atoms with E-state index in [1.807, 2.05) is 11.8 Å². The van der Waals surface area contributed by atoms with Gasteiger partial charge in [0.2, 0.25) is 5.91 Å². The Morgan fingerprint density at radius 2 is 2.32 bits per heavy atom. The Labute approximate surface area is 111 Å². The summed E-state index contributed by atoms with van der Waals surface area (Å²) in [6, 6.07) is 1.62. The zero-order chi connectivity index (χ0) is 14.0. The first-order valence-corrected chi connectivity index (χ1v) is 6.47. The van der Waals surface area contributed by atoms with E-state index in [9.17, 15) is 14.9 Å². The van der Waals surface area contributed by atoms with Crippen molar-refractivity contribution in [1.82, 2.24) is 14.7 Å². The number of nitro groups is 1. The highest BCUT2D eigenvalue weighted by atomic mass is 16.6. The summed E-state index contributed by atoms with van der Waals surface area (Å²) in [4.78, 5) is 24.1. The van der Waals surface area contributed by atoms with Crippen LogP contribution in [0, 0.1) is 17.0 Å². The molecule has 0 bridgehead atoms. The summed E-state index contributed by atoms with van der Waals surface area (Å²) < 4.78 is 1.40. The van der Waals surface area contributed by atoms with E-state index in [1.165, 1.54) is 10.7 Å². The van der Waals surface area contributed by atoms with Crippen molar-refractivity contribution < 1.29 is 9.72 Å². The summed E-state index contributed by atoms with van der Waals surface area (Å²) in [5.41, 5.74) is 0.629. The highest BCUT2D eigenvalue weighted by Crippen LogP contribution is 2.17. The molecule has 0 N–H and O–H groups in total. The van der Waals surface area contributed by atoms with Gasteiger partial charge < -0.3 is 15.0 Å². The van der Waals surface area contributed by atoms with Crippen LogP contribution in [0.5, 0.6) is 0 Å². The SMILES string of the molecule is Cc1cc([N+](=O)[O-])nn1CC(=O)N1CCCCC1C. The van der Waals surface area contributed by atoms with E-state index in [0.29, 0.717) is 5.69 Å². The van der Waals surface area contributed by atoms with Gasteiger partial charge in [-0.05, 0) is 38.0 Å². The molecule has 1 aliphatic rings. The van der Waals surface area contributed by atoms with E-state index in [0.717, 1.165) is 25.8 Å². The number of carbonyl (C=O) groups is 1. The summed E-state index contributed by atoms with van der Waals surface area (Å²) >= 11 is 0. The maximum Gasteiger partial charge on any atom is 0.390 e. The zero-order valence-corrected chi connectivity index (χ0v) is 11.2. The predicted octanol–water partition coefficient (Wildman–Crippen LogP) is 1.50. The van der Waals surface area contributed by atoms with Crippen LogP contribution >= 0.6 is 0 Å². The van der Waals surface area contributed by atoms with Gasteiger partial charge >= 0.3 is 5.82 Å². The molecule has 19 heavy (non-hydrogen) atoms. The minimum absolute atomic E-state index is 0.0201. The van der Waals surface area contributed by atoms with Crippen LogP contribution in [-0.4, -0.2) is 38.1 Å². The first-order valence-electron chi connectivity index (χ1n) is 6.47. The third-order valence-corrected chi connectivity index (χ3v) is 3.56. The van der Waals surface area contributed by atoms with Crippen LogP contribution in [0.2, 0.25) is 0 Å². The lowest BCUT2D eigenvalue weighted by Gasteiger charge is -2.33. The quantitative estimate of drug-likeness (QED) is 0.613. The number of piperidine rings is 1. The van der Waals surface area contributed by atoms with Gasteiger partial charge in [-0.25, -0.2) is 0 Å². The molecule has 1 atom stereocenters. The molecule has 104 valence electrons. The standard InChI is InChI=1S/C12H18N4O3/c1-9-5-3-4-6-14(9)12(17)8-15-10(2)7-11(13-15)16(18)19/h7,9H,3-6,8H2,1-2H3. The van der Waals surface area contributed by atoms with Crippen molar-refractivity contribution in [3.8, 4) is 0 Å². The molecule has 7 heteroatoms. The Morgan fingerprint density at radius 1 is 1.58 bits per heavy atom. The van der Waals surface area contributed by atoms with Crippen molar-refractivity contribution in [2.24, 2.45) is 0 Å². The summed E-state index contributed by atoms with van der Waals surface area (Å²) in [6.07, 6.45) is 3.19. The van der Waals surface area contributed by atoms with Crippen molar-refractivity contribution in [2.45, 2.75) is 45.7 Å². The van der Waals surface area contributed by atoms with Crippen LogP contribution < -0.4 is 0 Å². The number of aromatic nitrogens is 2. The van der Waals surface area contributed by atoms with Crippen molar-refractivity contribution in [2.75, 3.05) is 6.54 Å². The van der Waals surface area contributed by atoms with Gasteiger partial charge in [0.15, 0.2) is 0 Å². The molecule has 2 rings (SSSR count). The van der Waals surface area contributed by atoms with Crippen molar-refractivity contribution >= 4 is 11.7 Å². The Bertz CT molecular complexity index is 497. The second kappa shape index (κ2) is 5.38. The van der Waals surface area contributed by atoms with Gasteiger partial charge in [-0.3, -0.25) is 4.79 Å². The molecule has 1 aliphatic heterocycles. The van der Waals surface area contributed by atoms with Crippen LogP contribution in [0.15, 0.2) is 6.07 Å². The average molecular weight is 266 g/mol. The van der Waals surface area contributed by atoms with E-state index in [-0.39, 0.29) is 24.3 Å². The first kappa shape index (κ1) is 13.5. The van der Waals surface area contributed by atoms with E-state index in [4.69, 9.17) is 0 Å². The van der Waals surface area contributed by atoms with Crippen LogP contribution in [0.1, 0.15) is 31.9 Å². The van der Waals surface area contributed by atoms with Gasteiger partial charge in [-0.15, -0.1) is 0 Å². The van der Waals surface area contributed by atoms with Crippen LogP contribution in [0.4, 0.5) is 5.82 Å². The lowest BCUT2D eigenvalue weighted by atomic mass is 10.0. The molecule has 7 nitrogen and oxygen atoms in total. The summed E-state index contributed by atoms with van der Waals surface area (Å²) in [7, 11) is 0. The molecule has 0 spiro atoms. The van der Waals surface area contributed by atoms with Gasteiger partial charge in [0, 0.05) is 12.6 Å². The van der Waals surface area contributed by atoms with Gasteiger partial charge in [0.1, 0.15) is 6.54 Å². The monoisotopic (exact) mass is 266 g/mol. The average Bonchev–Trinajstić information content (AvgIpc) is 2.71. The molecule has 1 fully saturated rings. The predicted molar refractivity (Wildman–Crippen MR) is 68.6 cm³/mol. The first-order chi connectivity index (χ1) is 8.99. The van der Waals surface area contributed by atoms with Gasteiger partial charge in [0.05, 0.1) is 16.9 Å². The van der Waals surface area contributed by atoms with Crippen molar-refractivity contribution in [1.29, 1.82) is 0 Å². The van der Waals surface area contributed by atoms with Gasteiger partial charge in [-0.2, -0.15) is 4.68 Å². The molecule has 1 amide bonds. The number of amides is 1. The number of carbonyl (C=O) groups excluding carboxylic acids is 1. The lowest BCUT2D eigenvalue weighted by molar-refractivity contribution is -0.389. The summed E-state index contributed by atoms with van der Waals surface area (Å²) in [6.45, 7) is 4.59. The van der Waals surface area contributed by atoms with Crippen LogP contribution in [0.3, 0.4) is 0 Å². The van der Waals surface area contributed by atoms with Crippen LogP contribution in [-0.2, 0) is 11.3 Å². The third-order valence-electron chi connectivity index (χ3n) is 3.56. The van der Waals surface area contributed by atoms with E-state index < -0.39 is 4.92 Å². The smallest absolute Gasteiger partial charge is 0.358 e. The fraction of sp³-hybridized carbons (Fsp3) is 0.667. The summed E-state index contributed by atoms with van der Waals surface area (Å²) in [5, 5.41) is 14.5. The molecule has 1 aromatic heterocycles. The normalized spacial score (nSPS) is 19.5. The Kier molecular flexibility index (Phi) is 3.82. The molecule has 0 radical (unpaired) electrons. The fourth-order valence-corrected chi connectivity index (χ4v) is 2.43. The topological polar surface area (TPSA) is 81.3 Å². The Morgan fingerprint density at radius 3 is 2.89 bits per heavy atom. The van der Waals surface area contributed by atoms with Gasteiger partial charge in [0.25, 0.3) is 0 Å². The third kappa shape index (κ3) is 2.91. The molecule has 0 aliphatic carbocycles.